The number of hydrogen-bond donors (Lipinski definition) is 2. The summed E-state index contributed by atoms with van der Waals surface area (Å²) in [5, 5.41) is 7.72. The van der Waals surface area contributed by atoms with Crippen LogP contribution < -0.4 is 10.9 Å². The van der Waals surface area contributed by atoms with Crippen LogP contribution in [0.2, 0.25) is 0 Å². The predicted molar refractivity (Wildman–Crippen MR) is 83.8 cm³/mol. The highest BCUT2D eigenvalue weighted by Gasteiger charge is 2.38. The van der Waals surface area contributed by atoms with E-state index in [4.69, 9.17) is 4.74 Å². The molecule has 1 saturated heterocycles. The van der Waals surface area contributed by atoms with Crippen LogP contribution in [0.15, 0.2) is 24.5 Å². The topological polar surface area (TPSA) is 81.1 Å². The third-order valence-corrected chi connectivity index (χ3v) is 4.10. The number of rotatable bonds is 6. The maximum absolute atomic E-state index is 14.0. The number of nitrogens with zero attached hydrogens (tertiary/aromatic N) is 3. The second-order valence-electron chi connectivity index (χ2n) is 5.79. The second-order valence-corrected chi connectivity index (χ2v) is 5.79. The number of carbonyl (C=O) groups is 1. The Hall–Kier alpha value is -2.39. The fraction of sp³-hybridized carbons (Fsp3) is 0.438. The van der Waals surface area contributed by atoms with E-state index in [1.54, 1.807) is 10.9 Å². The highest BCUT2D eigenvalue weighted by Crippen LogP contribution is 2.30. The van der Waals surface area contributed by atoms with Crippen LogP contribution in [0.25, 0.3) is 0 Å². The first-order valence-electron chi connectivity index (χ1n) is 8.07. The molecule has 1 aromatic heterocycles. The molecular formula is C16H19F2N5O2. The number of halogens is 2. The van der Waals surface area contributed by atoms with Gasteiger partial charge in [0.1, 0.15) is 18.0 Å². The van der Waals surface area contributed by atoms with Gasteiger partial charge in [-0.25, -0.2) is 14.2 Å². The van der Waals surface area contributed by atoms with E-state index < -0.39 is 29.6 Å². The fourth-order valence-electron chi connectivity index (χ4n) is 2.86. The average Bonchev–Trinajstić information content (AvgIpc) is 3.22. The summed E-state index contributed by atoms with van der Waals surface area (Å²) < 4.78 is 35.1. The van der Waals surface area contributed by atoms with Gasteiger partial charge in [-0.2, -0.15) is 0 Å². The van der Waals surface area contributed by atoms with E-state index >= 15 is 0 Å². The molecule has 2 N–H and O–H groups in total. The van der Waals surface area contributed by atoms with Crippen LogP contribution in [0, 0.1) is 17.6 Å². The number of aryl methyl sites for hydroxylation is 1. The molecule has 0 amide bonds. The molecule has 3 rings (SSSR count). The molecule has 2 aromatic rings. The summed E-state index contributed by atoms with van der Waals surface area (Å²) in [5.41, 5.74) is 5.33. The fourth-order valence-corrected chi connectivity index (χ4v) is 2.86. The minimum absolute atomic E-state index is 0.0399. The number of hydrazine groups is 1. The molecule has 0 spiro atoms. The quantitative estimate of drug-likeness (QED) is 0.767. The molecule has 1 aliphatic heterocycles. The predicted octanol–water partition coefficient (Wildman–Crippen LogP) is 1.47. The minimum atomic E-state index is -0.845. The molecule has 0 aliphatic carbocycles. The number of aromatic nitrogens is 3. The largest absolute Gasteiger partial charge is 0.457 e. The molecule has 7 nitrogen and oxygen atoms in total. The van der Waals surface area contributed by atoms with E-state index in [0.717, 1.165) is 25.1 Å². The molecule has 9 heteroatoms. The van der Waals surface area contributed by atoms with E-state index in [2.05, 4.69) is 21.0 Å². The number of esters is 1. The maximum atomic E-state index is 14.0. The van der Waals surface area contributed by atoms with Gasteiger partial charge in [0.25, 0.3) is 0 Å². The first-order valence-corrected chi connectivity index (χ1v) is 8.07. The van der Waals surface area contributed by atoms with Crippen molar-refractivity contribution in [2.24, 2.45) is 5.92 Å². The van der Waals surface area contributed by atoms with Crippen molar-refractivity contribution in [3.63, 3.8) is 0 Å². The van der Waals surface area contributed by atoms with Gasteiger partial charge in [0.2, 0.25) is 0 Å². The van der Waals surface area contributed by atoms with Crippen molar-refractivity contribution in [2.75, 3.05) is 6.54 Å². The van der Waals surface area contributed by atoms with Crippen molar-refractivity contribution in [1.82, 2.24) is 25.6 Å². The smallest absolute Gasteiger partial charge is 0.312 e. The Kier molecular flexibility index (Phi) is 5.34. The Labute approximate surface area is 143 Å². The van der Waals surface area contributed by atoms with Gasteiger partial charge < -0.3 is 9.30 Å². The van der Waals surface area contributed by atoms with Gasteiger partial charge in [0, 0.05) is 18.7 Å². The van der Waals surface area contributed by atoms with E-state index in [-0.39, 0.29) is 18.7 Å². The lowest BCUT2D eigenvalue weighted by molar-refractivity contribution is -0.150. The maximum Gasteiger partial charge on any atom is 0.312 e. The van der Waals surface area contributed by atoms with Gasteiger partial charge in [-0.15, -0.1) is 10.2 Å². The van der Waals surface area contributed by atoms with Crippen LogP contribution in [0.3, 0.4) is 0 Å². The highest BCUT2D eigenvalue weighted by molar-refractivity contribution is 5.74. The molecule has 2 atom stereocenters. The molecular weight excluding hydrogens is 332 g/mol. The summed E-state index contributed by atoms with van der Waals surface area (Å²) in [7, 11) is 0. The lowest BCUT2D eigenvalue weighted by atomic mass is 9.94. The number of carbonyl (C=O) groups excluding carboxylic acids is 1. The van der Waals surface area contributed by atoms with E-state index in [9.17, 15) is 13.6 Å². The van der Waals surface area contributed by atoms with Crippen LogP contribution in [0.5, 0.6) is 0 Å². The third-order valence-electron chi connectivity index (χ3n) is 4.10. The zero-order chi connectivity index (χ0) is 17.8. The zero-order valence-corrected chi connectivity index (χ0v) is 13.7. The summed E-state index contributed by atoms with van der Waals surface area (Å²) in [6, 6.07) is 2.76. The Morgan fingerprint density at radius 2 is 2.16 bits per heavy atom. The van der Waals surface area contributed by atoms with Gasteiger partial charge in [-0.3, -0.25) is 10.2 Å². The van der Waals surface area contributed by atoms with E-state index in [1.807, 2.05) is 6.92 Å². The molecule has 134 valence electrons. The van der Waals surface area contributed by atoms with Crippen molar-refractivity contribution in [3.8, 4) is 0 Å². The Morgan fingerprint density at radius 1 is 1.40 bits per heavy atom. The van der Waals surface area contributed by atoms with Gasteiger partial charge in [-0.05, 0) is 18.6 Å². The molecule has 1 aliphatic rings. The van der Waals surface area contributed by atoms with E-state index in [1.165, 1.54) is 6.07 Å². The van der Waals surface area contributed by atoms with Gasteiger partial charge >= 0.3 is 5.97 Å². The molecule has 1 aromatic carbocycles. The summed E-state index contributed by atoms with van der Waals surface area (Å²) in [6.45, 7) is 2.90. The van der Waals surface area contributed by atoms with Crippen molar-refractivity contribution >= 4 is 5.97 Å². The summed E-state index contributed by atoms with van der Waals surface area (Å²) in [6.07, 6.45) is 2.47. The first-order chi connectivity index (χ1) is 12.1. The number of nitrogens with one attached hydrogen (secondary N) is 2. The molecule has 0 radical (unpaired) electrons. The van der Waals surface area contributed by atoms with Crippen LogP contribution in [0.4, 0.5) is 8.78 Å². The standard InChI is InChI=1S/C16H19F2N5O2/c1-2-6-23-9-20-21-13(23)8-25-16(24)10-7-19-22-15(10)14-11(17)4-3-5-12(14)18/h3-5,9-10,15,19,22H,2,6-8H2,1H3. The van der Waals surface area contributed by atoms with E-state index in [0.29, 0.717) is 5.82 Å². The molecule has 0 bridgehead atoms. The van der Waals surface area contributed by atoms with Crippen molar-refractivity contribution in [1.29, 1.82) is 0 Å². The van der Waals surface area contributed by atoms with Crippen molar-refractivity contribution in [3.05, 3.63) is 47.5 Å². The van der Waals surface area contributed by atoms with Crippen LogP contribution in [0.1, 0.15) is 30.8 Å². The summed E-state index contributed by atoms with van der Waals surface area (Å²) in [4.78, 5) is 12.4. The number of hydrogen-bond acceptors (Lipinski definition) is 6. The summed E-state index contributed by atoms with van der Waals surface area (Å²) >= 11 is 0. The average molecular weight is 351 g/mol. The molecule has 1 fully saturated rings. The lowest BCUT2D eigenvalue weighted by Gasteiger charge is -2.18. The van der Waals surface area contributed by atoms with Gasteiger partial charge in [0.05, 0.1) is 12.0 Å². The van der Waals surface area contributed by atoms with Crippen LogP contribution >= 0.6 is 0 Å². The SMILES string of the molecule is CCCn1cnnc1COC(=O)C1CNNC1c1c(F)cccc1F. The highest BCUT2D eigenvalue weighted by atomic mass is 19.1. The van der Waals surface area contributed by atoms with Crippen molar-refractivity contribution in [2.45, 2.75) is 32.5 Å². The normalized spacial score (nSPS) is 20.0. The molecule has 0 saturated carbocycles. The van der Waals surface area contributed by atoms with Crippen LogP contribution in [-0.4, -0.2) is 27.3 Å². The second kappa shape index (κ2) is 7.66. The monoisotopic (exact) mass is 351 g/mol. The zero-order valence-electron chi connectivity index (χ0n) is 13.7. The van der Waals surface area contributed by atoms with Crippen LogP contribution in [-0.2, 0) is 22.7 Å². The van der Waals surface area contributed by atoms with Crippen molar-refractivity contribution < 1.29 is 18.3 Å². The minimum Gasteiger partial charge on any atom is -0.457 e. The van der Waals surface area contributed by atoms with Gasteiger partial charge in [0.15, 0.2) is 12.4 Å². The Morgan fingerprint density at radius 3 is 2.88 bits per heavy atom. The summed E-state index contributed by atoms with van der Waals surface area (Å²) in [5.74, 6) is -2.20. The number of ether oxygens (including phenoxy) is 1. The molecule has 25 heavy (non-hydrogen) atoms. The lowest BCUT2D eigenvalue weighted by Crippen LogP contribution is -2.29. The Balaban J connectivity index is 1.70. The Bertz CT molecular complexity index is 732. The first kappa shape index (κ1) is 17.4. The number of benzene rings is 1. The molecule has 2 unspecified atom stereocenters. The third kappa shape index (κ3) is 3.67. The van der Waals surface area contributed by atoms with Gasteiger partial charge in [-0.1, -0.05) is 13.0 Å². The molecule has 2 heterocycles.